The van der Waals surface area contributed by atoms with Crippen molar-refractivity contribution in [2.45, 2.75) is 0 Å². The van der Waals surface area contributed by atoms with Crippen molar-refractivity contribution in [1.29, 1.82) is 0 Å². The monoisotopic (exact) mass is 345 g/mol. The van der Waals surface area contributed by atoms with Crippen molar-refractivity contribution < 1.29 is 28.7 Å². The Kier molecular flexibility index (Phi) is 5.67. The second-order valence-corrected chi connectivity index (χ2v) is 4.88. The summed E-state index contributed by atoms with van der Waals surface area (Å²) < 4.78 is 15.1. The number of benzene rings is 2. The summed E-state index contributed by atoms with van der Waals surface area (Å²) in [6.07, 6.45) is 0. The van der Waals surface area contributed by atoms with Crippen LogP contribution in [0, 0.1) is 10.1 Å². The lowest BCUT2D eigenvalue weighted by Gasteiger charge is -2.09. The molecule has 2 rings (SSSR count). The van der Waals surface area contributed by atoms with Gasteiger partial charge in [-0.05, 0) is 24.3 Å². The van der Waals surface area contributed by atoms with Crippen molar-refractivity contribution in [2.75, 3.05) is 20.8 Å². The highest BCUT2D eigenvalue weighted by Crippen LogP contribution is 2.27. The van der Waals surface area contributed by atoms with Crippen LogP contribution in [0.2, 0.25) is 0 Å². The summed E-state index contributed by atoms with van der Waals surface area (Å²) in [5.41, 5.74) is 0.0412. The van der Waals surface area contributed by atoms with E-state index in [2.05, 4.69) is 0 Å². The van der Waals surface area contributed by atoms with E-state index in [1.54, 1.807) is 6.07 Å². The summed E-state index contributed by atoms with van der Waals surface area (Å²) in [5.74, 6) is -0.428. The molecule has 0 unspecified atom stereocenters. The van der Waals surface area contributed by atoms with Gasteiger partial charge in [-0.2, -0.15) is 0 Å². The van der Waals surface area contributed by atoms with Crippen molar-refractivity contribution in [3.8, 4) is 11.5 Å². The Balaban J connectivity index is 2.05. The Hall–Kier alpha value is -3.42. The number of esters is 1. The summed E-state index contributed by atoms with van der Waals surface area (Å²) in [7, 11) is 2.91. The second kappa shape index (κ2) is 7.91. The maximum atomic E-state index is 12.1. The molecular weight excluding hydrogens is 330 g/mol. The topological polar surface area (TPSA) is 105 Å². The summed E-state index contributed by atoms with van der Waals surface area (Å²) in [4.78, 5) is 34.2. The maximum Gasteiger partial charge on any atom is 0.338 e. The number of ketones is 1. The first-order valence-corrected chi connectivity index (χ1v) is 7.13. The molecule has 0 saturated carbocycles. The zero-order chi connectivity index (χ0) is 18.4. The Morgan fingerprint density at radius 2 is 1.72 bits per heavy atom. The third kappa shape index (κ3) is 4.31. The van der Waals surface area contributed by atoms with Crippen LogP contribution in [0.3, 0.4) is 0 Å². The van der Waals surface area contributed by atoms with Crippen molar-refractivity contribution in [1.82, 2.24) is 0 Å². The second-order valence-electron chi connectivity index (χ2n) is 4.88. The summed E-state index contributed by atoms with van der Waals surface area (Å²) in [6.45, 7) is -0.503. The van der Waals surface area contributed by atoms with E-state index in [9.17, 15) is 19.7 Å². The Bertz CT molecular complexity index is 816. The van der Waals surface area contributed by atoms with Crippen molar-refractivity contribution in [3.63, 3.8) is 0 Å². The molecule has 0 atom stereocenters. The number of Topliss-reactive ketones (excluding diaryl/α,β-unsaturated/α-hetero) is 1. The van der Waals surface area contributed by atoms with Gasteiger partial charge in [0.25, 0.3) is 5.69 Å². The molecule has 0 aromatic heterocycles. The Labute approximate surface area is 143 Å². The predicted molar refractivity (Wildman–Crippen MR) is 87.3 cm³/mol. The van der Waals surface area contributed by atoms with Crippen LogP contribution < -0.4 is 9.47 Å². The van der Waals surface area contributed by atoms with Gasteiger partial charge in [-0.25, -0.2) is 4.79 Å². The lowest BCUT2D eigenvalue weighted by molar-refractivity contribution is -0.384. The molecule has 0 aliphatic heterocycles. The smallest absolute Gasteiger partial charge is 0.338 e. The van der Waals surface area contributed by atoms with Gasteiger partial charge in [0.15, 0.2) is 23.9 Å². The maximum absolute atomic E-state index is 12.1. The number of non-ortho nitro benzene ring substituents is 1. The van der Waals surface area contributed by atoms with E-state index in [0.717, 1.165) is 6.07 Å². The van der Waals surface area contributed by atoms with Crippen LogP contribution in [0.4, 0.5) is 5.69 Å². The van der Waals surface area contributed by atoms with E-state index in [1.165, 1.54) is 44.6 Å². The van der Waals surface area contributed by atoms with Gasteiger partial charge in [-0.1, -0.05) is 6.07 Å². The third-order valence-corrected chi connectivity index (χ3v) is 3.33. The number of carbonyl (C=O) groups is 2. The van der Waals surface area contributed by atoms with Gasteiger partial charge in [-0.3, -0.25) is 14.9 Å². The Morgan fingerprint density at radius 3 is 2.36 bits per heavy atom. The third-order valence-electron chi connectivity index (χ3n) is 3.33. The van der Waals surface area contributed by atoms with Crippen molar-refractivity contribution >= 4 is 17.4 Å². The normalized spacial score (nSPS) is 10.0. The highest BCUT2D eigenvalue weighted by Gasteiger charge is 2.16. The molecule has 25 heavy (non-hydrogen) atoms. The molecular formula is C17H15NO7. The fourth-order valence-corrected chi connectivity index (χ4v) is 2.05. The van der Waals surface area contributed by atoms with E-state index in [0.29, 0.717) is 11.5 Å². The van der Waals surface area contributed by atoms with Gasteiger partial charge >= 0.3 is 5.97 Å². The number of ether oxygens (including phenoxy) is 3. The van der Waals surface area contributed by atoms with Gasteiger partial charge in [0.05, 0.1) is 24.7 Å². The fraction of sp³-hybridized carbons (Fsp3) is 0.176. The number of nitro groups is 1. The lowest BCUT2D eigenvalue weighted by Crippen LogP contribution is -2.14. The molecule has 0 aliphatic carbocycles. The van der Waals surface area contributed by atoms with Gasteiger partial charge in [0.2, 0.25) is 0 Å². The van der Waals surface area contributed by atoms with Gasteiger partial charge in [0.1, 0.15) is 0 Å². The van der Waals surface area contributed by atoms with Crippen LogP contribution in [-0.4, -0.2) is 37.5 Å². The molecule has 8 nitrogen and oxygen atoms in total. The summed E-state index contributed by atoms with van der Waals surface area (Å²) in [6, 6.07) is 9.64. The standard InChI is InChI=1S/C17H15NO7/c1-23-15-7-6-11(9-16(15)24-2)14(19)10-25-17(20)12-4-3-5-13(8-12)18(21)22/h3-9H,10H2,1-2H3. The minimum absolute atomic E-state index is 0.00527. The quantitative estimate of drug-likeness (QED) is 0.329. The molecule has 0 heterocycles. The molecule has 8 heteroatoms. The first-order valence-electron chi connectivity index (χ1n) is 7.13. The number of carbonyl (C=O) groups excluding carboxylic acids is 2. The van der Waals surface area contributed by atoms with Crippen LogP contribution in [0.1, 0.15) is 20.7 Å². The predicted octanol–water partition coefficient (Wildman–Crippen LogP) is 2.65. The van der Waals surface area contributed by atoms with Gasteiger partial charge < -0.3 is 14.2 Å². The number of rotatable bonds is 7. The number of hydrogen-bond acceptors (Lipinski definition) is 7. The number of methoxy groups -OCH3 is 2. The van der Waals surface area contributed by atoms with Gasteiger partial charge in [-0.15, -0.1) is 0 Å². The molecule has 0 saturated heterocycles. The highest BCUT2D eigenvalue weighted by atomic mass is 16.6. The van der Waals surface area contributed by atoms with E-state index in [-0.39, 0.29) is 16.8 Å². The average Bonchev–Trinajstić information content (AvgIpc) is 2.65. The number of nitro benzene ring substituents is 1. The molecule has 0 spiro atoms. The minimum atomic E-state index is -0.822. The van der Waals surface area contributed by atoms with Gasteiger partial charge in [0, 0.05) is 17.7 Å². The fourth-order valence-electron chi connectivity index (χ4n) is 2.05. The SMILES string of the molecule is COc1ccc(C(=O)COC(=O)c2cccc([N+](=O)[O-])c2)cc1OC. The van der Waals surface area contributed by atoms with Crippen LogP contribution in [0.25, 0.3) is 0 Å². The molecule has 0 amide bonds. The summed E-state index contributed by atoms with van der Waals surface area (Å²) >= 11 is 0. The molecule has 0 radical (unpaired) electrons. The zero-order valence-electron chi connectivity index (χ0n) is 13.6. The summed E-state index contributed by atoms with van der Waals surface area (Å²) in [5, 5.41) is 10.7. The minimum Gasteiger partial charge on any atom is -0.493 e. The highest BCUT2D eigenvalue weighted by molar-refractivity contribution is 5.99. The molecule has 2 aromatic rings. The number of nitrogens with zero attached hydrogens (tertiary/aromatic N) is 1. The van der Waals surface area contributed by atoms with Crippen LogP contribution in [-0.2, 0) is 4.74 Å². The van der Waals surface area contributed by atoms with Crippen molar-refractivity contribution in [3.05, 3.63) is 63.7 Å². The van der Waals surface area contributed by atoms with Crippen LogP contribution in [0.5, 0.6) is 11.5 Å². The first-order chi connectivity index (χ1) is 12.0. The lowest BCUT2D eigenvalue weighted by atomic mass is 10.1. The van der Waals surface area contributed by atoms with E-state index in [1.807, 2.05) is 0 Å². The molecule has 0 N–H and O–H groups in total. The Morgan fingerprint density at radius 1 is 1.00 bits per heavy atom. The zero-order valence-corrected chi connectivity index (χ0v) is 13.6. The molecule has 0 bridgehead atoms. The molecule has 0 fully saturated rings. The largest absolute Gasteiger partial charge is 0.493 e. The van der Waals surface area contributed by atoms with Crippen LogP contribution >= 0.6 is 0 Å². The first kappa shape index (κ1) is 17.9. The van der Waals surface area contributed by atoms with Crippen molar-refractivity contribution in [2.24, 2.45) is 0 Å². The molecule has 130 valence electrons. The van der Waals surface area contributed by atoms with E-state index < -0.39 is 23.3 Å². The average molecular weight is 345 g/mol. The molecule has 2 aromatic carbocycles. The van der Waals surface area contributed by atoms with Crippen LogP contribution in [0.15, 0.2) is 42.5 Å². The van der Waals surface area contributed by atoms with E-state index >= 15 is 0 Å². The number of hydrogen-bond donors (Lipinski definition) is 0. The van der Waals surface area contributed by atoms with E-state index in [4.69, 9.17) is 14.2 Å². The molecule has 0 aliphatic rings.